The highest BCUT2D eigenvalue weighted by Crippen LogP contribution is 2.36. The van der Waals surface area contributed by atoms with Crippen molar-refractivity contribution in [1.82, 2.24) is 4.90 Å². The normalized spacial score (nSPS) is 17.7. The molecule has 1 N–H and O–H groups in total. The van der Waals surface area contributed by atoms with Gasteiger partial charge in [0.2, 0.25) is 0 Å². The molecule has 1 unspecified atom stereocenters. The second-order valence-corrected chi connectivity index (χ2v) is 9.78. The van der Waals surface area contributed by atoms with Crippen LogP contribution in [0.5, 0.6) is 0 Å². The molecule has 0 saturated carbocycles. The highest BCUT2D eigenvalue weighted by atomic mass is 35.5. The van der Waals surface area contributed by atoms with Crippen LogP contribution in [0.1, 0.15) is 49.5 Å². The molecule has 1 saturated heterocycles. The van der Waals surface area contributed by atoms with E-state index in [1.165, 1.54) is 0 Å². The number of Topliss-reactive ketones (excluding diaryl/α,β-unsaturated/α-hetero) is 1. The molecule has 0 spiro atoms. The zero-order valence-corrected chi connectivity index (χ0v) is 18.9. The Morgan fingerprint density at radius 3 is 2.55 bits per heavy atom. The van der Waals surface area contributed by atoms with E-state index in [1.54, 1.807) is 6.07 Å². The zero-order valence-electron chi connectivity index (χ0n) is 17.3. The van der Waals surface area contributed by atoms with Gasteiger partial charge >= 0.3 is 0 Å². The number of carbonyl (C=O) groups excluding carboxylic acids is 1. The Bertz CT molecular complexity index is 889. The van der Waals surface area contributed by atoms with Gasteiger partial charge in [0.1, 0.15) is 0 Å². The van der Waals surface area contributed by atoms with Crippen molar-refractivity contribution < 1.29 is 9.90 Å². The predicted octanol–water partition coefficient (Wildman–Crippen LogP) is 5.84. The van der Waals surface area contributed by atoms with Gasteiger partial charge in [0, 0.05) is 18.7 Å². The van der Waals surface area contributed by atoms with Crippen molar-refractivity contribution in [2.24, 2.45) is 5.92 Å². The number of aliphatic hydroxyl groups excluding tert-OH is 1. The molecule has 0 aromatic heterocycles. The van der Waals surface area contributed by atoms with Gasteiger partial charge in [-0.2, -0.15) is 0 Å². The van der Waals surface area contributed by atoms with E-state index in [4.69, 9.17) is 28.3 Å². The second kappa shape index (κ2) is 9.18. The van der Waals surface area contributed by atoms with Gasteiger partial charge in [0.25, 0.3) is 0 Å². The molecule has 1 heterocycles. The maximum absolute atomic E-state index is 13.0. The van der Waals surface area contributed by atoms with E-state index in [1.807, 2.05) is 24.3 Å². The molecule has 1 aliphatic heterocycles. The summed E-state index contributed by atoms with van der Waals surface area (Å²) in [6, 6.07) is 11.6. The Kier molecular flexibility index (Phi) is 7.06. The van der Waals surface area contributed by atoms with Gasteiger partial charge in [-0.05, 0) is 65.6 Å². The van der Waals surface area contributed by atoms with Gasteiger partial charge in [-0.1, -0.05) is 62.2 Å². The number of hydrogen-bond acceptors (Lipinski definition) is 3. The Hall–Kier alpha value is -1.39. The van der Waals surface area contributed by atoms with Crippen LogP contribution in [-0.2, 0) is 5.41 Å². The molecule has 1 aliphatic rings. The smallest absolute Gasteiger partial charge is 0.176 e. The fraction of sp³-hybridized carbons (Fsp3) is 0.458. The summed E-state index contributed by atoms with van der Waals surface area (Å²) < 4.78 is 0. The maximum Gasteiger partial charge on any atom is 0.176 e. The first-order valence-corrected chi connectivity index (χ1v) is 10.9. The first-order valence-electron chi connectivity index (χ1n) is 10.2. The van der Waals surface area contributed by atoms with Gasteiger partial charge in [0.15, 0.2) is 5.78 Å². The molecule has 0 aliphatic carbocycles. The highest BCUT2D eigenvalue weighted by molar-refractivity contribution is 6.42. The van der Waals surface area contributed by atoms with Gasteiger partial charge < -0.3 is 5.11 Å². The van der Waals surface area contributed by atoms with E-state index in [9.17, 15) is 4.79 Å². The summed E-state index contributed by atoms with van der Waals surface area (Å²) in [4.78, 5) is 15.2. The van der Waals surface area contributed by atoms with Gasteiger partial charge in [-0.15, -0.1) is 0 Å². The lowest BCUT2D eigenvalue weighted by Gasteiger charge is -2.24. The number of nitrogens with zero attached hydrogens (tertiary/aromatic N) is 1. The lowest BCUT2D eigenvalue weighted by molar-refractivity contribution is 0.0942. The molecule has 1 fully saturated rings. The molecule has 1 atom stereocenters. The van der Waals surface area contributed by atoms with Gasteiger partial charge in [-0.3, -0.25) is 9.69 Å². The average molecular weight is 434 g/mol. The van der Waals surface area contributed by atoms with Gasteiger partial charge in [0.05, 0.1) is 16.6 Å². The van der Waals surface area contributed by atoms with Crippen molar-refractivity contribution in [1.29, 1.82) is 0 Å². The van der Waals surface area contributed by atoms with E-state index < -0.39 is 0 Å². The molecule has 0 bridgehead atoms. The molecular formula is C24H29Cl2NO2. The molecule has 0 radical (unpaired) electrons. The van der Waals surface area contributed by atoms with E-state index >= 15 is 0 Å². The standard InChI is InChI=1S/C24H29Cl2NO2/c1-24(2,3)20-6-4-18(12-19(20)17-5-7-21(25)22(26)13-17)23(29)15-27-10-8-16(14-27)9-11-28/h4-7,12-13,16,28H,8-11,14-15H2,1-3H3. The molecule has 5 heteroatoms. The molecule has 2 aromatic carbocycles. The number of halogens is 2. The third kappa shape index (κ3) is 5.40. The van der Waals surface area contributed by atoms with Crippen molar-refractivity contribution in [3.05, 3.63) is 57.6 Å². The molecule has 3 nitrogen and oxygen atoms in total. The second-order valence-electron chi connectivity index (χ2n) is 8.96. The summed E-state index contributed by atoms with van der Waals surface area (Å²) in [6.45, 7) is 8.91. The quantitative estimate of drug-likeness (QED) is 0.581. The minimum atomic E-state index is -0.0739. The van der Waals surface area contributed by atoms with Crippen LogP contribution in [-0.4, -0.2) is 42.0 Å². The number of rotatable bonds is 6. The van der Waals surface area contributed by atoms with Crippen LogP contribution in [0.2, 0.25) is 10.0 Å². The number of likely N-dealkylation sites (tertiary alicyclic amines) is 1. The highest BCUT2D eigenvalue weighted by Gasteiger charge is 2.25. The van der Waals surface area contributed by atoms with E-state index in [-0.39, 0.29) is 17.8 Å². The minimum absolute atomic E-state index is 0.0739. The Morgan fingerprint density at radius 2 is 1.90 bits per heavy atom. The fourth-order valence-corrected chi connectivity index (χ4v) is 4.34. The molecule has 0 amide bonds. The fourth-order valence-electron chi connectivity index (χ4n) is 4.04. The summed E-state index contributed by atoms with van der Waals surface area (Å²) in [6.07, 6.45) is 1.86. The van der Waals surface area contributed by atoms with Crippen molar-refractivity contribution in [3.8, 4) is 11.1 Å². The first-order chi connectivity index (χ1) is 13.7. The number of ketones is 1. The van der Waals surface area contributed by atoms with Crippen LogP contribution in [0.15, 0.2) is 36.4 Å². The average Bonchev–Trinajstić information content (AvgIpc) is 3.10. The minimum Gasteiger partial charge on any atom is -0.396 e. The number of aliphatic hydroxyl groups is 1. The van der Waals surface area contributed by atoms with Crippen LogP contribution in [0.25, 0.3) is 11.1 Å². The van der Waals surface area contributed by atoms with E-state index in [0.717, 1.165) is 42.6 Å². The molecule has 29 heavy (non-hydrogen) atoms. The molecule has 3 rings (SSSR count). The van der Waals surface area contributed by atoms with Gasteiger partial charge in [-0.25, -0.2) is 0 Å². The van der Waals surface area contributed by atoms with Crippen LogP contribution in [0, 0.1) is 5.92 Å². The Morgan fingerprint density at radius 1 is 1.14 bits per heavy atom. The first kappa shape index (κ1) is 22.3. The third-order valence-corrected chi connectivity index (χ3v) is 6.39. The summed E-state index contributed by atoms with van der Waals surface area (Å²) >= 11 is 12.4. The van der Waals surface area contributed by atoms with E-state index in [0.29, 0.717) is 28.1 Å². The lowest BCUT2D eigenvalue weighted by atomic mass is 9.81. The van der Waals surface area contributed by atoms with Crippen LogP contribution < -0.4 is 0 Å². The van der Waals surface area contributed by atoms with Crippen molar-refractivity contribution in [2.75, 3.05) is 26.2 Å². The molecule has 2 aromatic rings. The number of benzene rings is 2. The Labute approximate surface area is 183 Å². The van der Waals surface area contributed by atoms with Crippen LogP contribution in [0.3, 0.4) is 0 Å². The van der Waals surface area contributed by atoms with Crippen molar-refractivity contribution in [2.45, 2.75) is 39.0 Å². The van der Waals surface area contributed by atoms with Crippen molar-refractivity contribution in [3.63, 3.8) is 0 Å². The summed E-state index contributed by atoms with van der Waals surface area (Å²) in [5, 5.41) is 10.2. The topological polar surface area (TPSA) is 40.5 Å². The van der Waals surface area contributed by atoms with Crippen LogP contribution in [0.4, 0.5) is 0 Å². The van der Waals surface area contributed by atoms with Crippen LogP contribution >= 0.6 is 23.2 Å². The SMILES string of the molecule is CC(C)(C)c1ccc(C(=O)CN2CCC(CCO)C2)cc1-c1ccc(Cl)c(Cl)c1. The monoisotopic (exact) mass is 433 g/mol. The molecular weight excluding hydrogens is 405 g/mol. The number of carbonyl (C=O) groups is 1. The Balaban J connectivity index is 1.89. The number of hydrogen-bond donors (Lipinski definition) is 1. The third-order valence-electron chi connectivity index (χ3n) is 5.65. The molecule has 156 valence electrons. The van der Waals surface area contributed by atoms with Crippen molar-refractivity contribution >= 4 is 29.0 Å². The summed E-state index contributed by atoms with van der Waals surface area (Å²) in [7, 11) is 0. The largest absolute Gasteiger partial charge is 0.396 e. The zero-order chi connectivity index (χ0) is 21.2. The predicted molar refractivity (Wildman–Crippen MR) is 121 cm³/mol. The summed E-state index contributed by atoms with van der Waals surface area (Å²) in [5.74, 6) is 0.610. The van der Waals surface area contributed by atoms with E-state index in [2.05, 4.69) is 31.7 Å². The maximum atomic E-state index is 13.0. The summed E-state index contributed by atoms with van der Waals surface area (Å²) in [5.41, 5.74) is 3.78. The lowest BCUT2D eigenvalue weighted by Crippen LogP contribution is -2.28.